The second-order valence-corrected chi connectivity index (χ2v) is 18.2. The van der Waals surface area contributed by atoms with Crippen molar-refractivity contribution in [2.45, 2.75) is 130 Å². The van der Waals surface area contributed by atoms with E-state index in [9.17, 15) is 0 Å². The third-order valence-electron chi connectivity index (χ3n) is 12.1. The Labute approximate surface area is 331 Å². The summed E-state index contributed by atoms with van der Waals surface area (Å²) in [6.07, 6.45) is 8.51. The minimum Gasteiger partial charge on any atom is -0.278 e. The first kappa shape index (κ1) is 38.5. The van der Waals surface area contributed by atoms with E-state index in [2.05, 4.69) is 176 Å². The quantitative estimate of drug-likeness (QED) is 0.148. The van der Waals surface area contributed by atoms with Gasteiger partial charge in [-0.05, 0) is 130 Å². The van der Waals surface area contributed by atoms with Crippen molar-refractivity contribution in [3.05, 3.63) is 137 Å². The van der Waals surface area contributed by atoms with E-state index in [1.807, 2.05) is 0 Å². The van der Waals surface area contributed by atoms with Gasteiger partial charge in [0, 0.05) is 11.5 Å². The van der Waals surface area contributed by atoms with Crippen molar-refractivity contribution in [2.24, 2.45) is 0 Å². The number of hydrogen-bond acceptors (Lipinski definition) is 2. The molecule has 5 aromatic carbocycles. The maximum atomic E-state index is 5.02. The predicted octanol–water partition coefficient (Wildman–Crippen LogP) is 14.8. The summed E-state index contributed by atoms with van der Waals surface area (Å²) in [7, 11) is 0. The zero-order chi connectivity index (χ0) is 38.9. The Balaban J connectivity index is 1.38. The summed E-state index contributed by atoms with van der Waals surface area (Å²) in [5.41, 5.74) is 15.3. The maximum Gasteiger partial charge on any atom is 0.168 e. The van der Waals surface area contributed by atoms with Crippen LogP contribution in [0.3, 0.4) is 0 Å². The molecule has 1 aliphatic rings. The molecule has 1 aliphatic carbocycles. The SMILES string of the molecule is CCC(CC)c1nnc(-c2cccc(-c3cc(-c4ccc(C(C)(C)C)cc4)cc(-c4ccc(C(C)(C)C)cc4)c3)c2)n1-c1ccc(C)cc1C1CCCCC1. The topological polar surface area (TPSA) is 30.7 Å². The smallest absolute Gasteiger partial charge is 0.168 e. The monoisotopic (exact) mass is 727 g/mol. The van der Waals surface area contributed by atoms with Gasteiger partial charge in [0.1, 0.15) is 5.82 Å². The summed E-state index contributed by atoms with van der Waals surface area (Å²) in [6, 6.07) is 41.4. The van der Waals surface area contributed by atoms with Crippen molar-refractivity contribution in [3.8, 4) is 50.5 Å². The Bertz CT molecular complexity index is 2150. The lowest BCUT2D eigenvalue weighted by molar-refractivity contribution is 0.442. The van der Waals surface area contributed by atoms with Crippen molar-refractivity contribution >= 4 is 0 Å². The Kier molecular flexibility index (Phi) is 11.0. The van der Waals surface area contributed by atoms with Gasteiger partial charge in [-0.15, -0.1) is 10.2 Å². The number of rotatable bonds is 9. The fraction of sp³-hybridized carbons (Fsp3) is 0.385. The summed E-state index contributed by atoms with van der Waals surface area (Å²) in [5.74, 6) is 2.90. The van der Waals surface area contributed by atoms with Gasteiger partial charge in [-0.25, -0.2) is 0 Å². The molecule has 0 radical (unpaired) electrons. The van der Waals surface area contributed by atoms with Crippen LogP contribution in [-0.4, -0.2) is 14.8 Å². The van der Waals surface area contributed by atoms with E-state index in [4.69, 9.17) is 10.2 Å². The summed E-state index contributed by atoms with van der Waals surface area (Å²) in [5, 5.41) is 10.0. The van der Waals surface area contributed by atoms with Crippen molar-refractivity contribution in [2.75, 3.05) is 0 Å². The molecule has 1 fully saturated rings. The number of hydrogen-bond donors (Lipinski definition) is 0. The highest BCUT2D eigenvalue weighted by molar-refractivity contribution is 5.82. The van der Waals surface area contributed by atoms with Crippen LogP contribution in [0.15, 0.2) is 109 Å². The van der Waals surface area contributed by atoms with Gasteiger partial charge in [0.05, 0.1) is 5.69 Å². The molecule has 0 aliphatic heterocycles. The summed E-state index contributed by atoms with van der Waals surface area (Å²) in [6.45, 7) is 20.5. The van der Waals surface area contributed by atoms with Gasteiger partial charge in [0.25, 0.3) is 0 Å². The van der Waals surface area contributed by atoms with E-state index in [1.165, 1.54) is 93.4 Å². The lowest BCUT2D eigenvalue weighted by Gasteiger charge is -2.26. The van der Waals surface area contributed by atoms with E-state index in [0.29, 0.717) is 11.8 Å². The van der Waals surface area contributed by atoms with Crippen LogP contribution in [0.1, 0.15) is 140 Å². The molecule has 1 heterocycles. The van der Waals surface area contributed by atoms with E-state index < -0.39 is 0 Å². The molecule has 7 rings (SSSR count). The predicted molar refractivity (Wildman–Crippen MR) is 234 cm³/mol. The molecule has 0 unspecified atom stereocenters. The van der Waals surface area contributed by atoms with Gasteiger partial charge in [0.2, 0.25) is 0 Å². The second-order valence-electron chi connectivity index (χ2n) is 18.2. The minimum atomic E-state index is 0.102. The number of aromatic nitrogens is 3. The van der Waals surface area contributed by atoms with Gasteiger partial charge in [-0.3, -0.25) is 4.57 Å². The third kappa shape index (κ3) is 8.27. The zero-order valence-corrected chi connectivity index (χ0v) is 34.8. The number of aryl methyl sites for hydroxylation is 1. The lowest BCUT2D eigenvalue weighted by Crippen LogP contribution is -2.13. The lowest BCUT2D eigenvalue weighted by atomic mass is 9.82. The maximum absolute atomic E-state index is 5.02. The van der Waals surface area contributed by atoms with Crippen LogP contribution in [-0.2, 0) is 10.8 Å². The van der Waals surface area contributed by atoms with E-state index in [1.54, 1.807) is 0 Å². The Morgan fingerprint density at radius 3 is 1.60 bits per heavy atom. The molecular formula is C52H61N3. The van der Waals surface area contributed by atoms with E-state index in [-0.39, 0.29) is 10.8 Å². The molecule has 284 valence electrons. The normalized spacial score (nSPS) is 14.1. The molecule has 3 nitrogen and oxygen atoms in total. The average molecular weight is 728 g/mol. The molecule has 0 spiro atoms. The summed E-state index contributed by atoms with van der Waals surface area (Å²) >= 11 is 0. The molecule has 3 heteroatoms. The fourth-order valence-electron chi connectivity index (χ4n) is 8.55. The van der Waals surface area contributed by atoms with Crippen LogP contribution < -0.4 is 0 Å². The van der Waals surface area contributed by atoms with Crippen LogP contribution in [0, 0.1) is 6.92 Å². The van der Waals surface area contributed by atoms with Crippen LogP contribution in [0.5, 0.6) is 0 Å². The Morgan fingerprint density at radius 2 is 1.07 bits per heavy atom. The molecule has 6 aromatic rings. The van der Waals surface area contributed by atoms with Gasteiger partial charge in [0.15, 0.2) is 5.82 Å². The van der Waals surface area contributed by atoms with Crippen molar-refractivity contribution in [1.82, 2.24) is 14.8 Å². The van der Waals surface area contributed by atoms with E-state index in [0.717, 1.165) is 30.1 Å². The van der Waals surface area contributed by atoms with Crippen LogP contribution in [0.4, 0.5) is 0 Å². The van der Waals surface area contributed by atoms with E-state index >= 15 is 0 Å². The number of nitrogens with zero attached hydrogens (tertiary/aromatic N) is 3. The van der Waals surface area contributed by atoms with Gasteiger partial charge >= 0.3 is 0 Å². The largest absolute Gasteiger partial charge is 0.278 e. The number of benzene rings is 5. The van der Waals surface area contributed by atoms with Crippen LogP contribution in [0.25, 0.3) is 50.5 Å². The highest BCUT2D eigenvalue weighted by Gasteiger charge is 2.26. The zero-order valence-electron chi connectivity index (χ0n) is 34.8. The molecule has 0 amide bonds. The molecule has 55 heavy (non-hydrogen) atoms. The first-order valence-corrected chi connectivity index (χ1v) is 20.9. The highest BCUT2D eigenvalue weighted by Crippen LogP contribution is 2.41. The van der Waals surface area contributed by atoms with Crippen LogP contribution >= 0.6 is 0 Å². The van der Waals surface area contributed by atoms with Crippen molar-refractivity contribution in [1.29, 1.82) is 0 Å². The Hall–Kier alpha value is -4.76. The first-order chi connectivity index (χ1) is 26.3. The second kappa shape index (κ2) is 15.8. The molecule has 1 saturated carbocycles. The summed E-state index contributed by atoms with van der Waals surface area (Å²) < 4.78 is 2.43. The molecular weight excluding hydrogens is 667 g/mol. The standard InChI is InChI=1S/C52H61N3/c1-10-36(11-2)49-53-54-50(55(49)48-29-20-35(3)30-47(48)39-16-13-12-14-17-39)41-19-15-18-40(31-41)44-33-42(37-21-25-45(26-22-37)51(4,5)6)32-43(34-44)38-23-27-46(28-24-38)52(7,8)9/h15,18-34,36,39H,10-14,16-17H2,1-9H3. The molecule has 0 N–H and O–H groups in total. The van der Waals surface area contributed by atoms with Crippen LogP contribution in [0.2, 0.25) is 0 Å². The average Bonchev–Trinajstić information content (AvgIpc) is 3.62. The highest BCUT2D eigenvalue weighted by atomic mass is 15.3. The molecule has 0 saturated heterocycles. The minimum absolute atomic E-state index is 0.102. The Morgan fingerprint density at radius 1 is 0.564 bits per heavy atom. The molecule has 0 bridgehead atoms. The van der Waals surface area contributed by atoms with Gasteiger partial charge in [-0.1, -0.05) is 159 Å². The molecule has 0 atom stereocenters. The van der Waals surface area contributed by atoms with Gasteiger partial charge < -0.3 is 0 Å². The van der Waals surface area contributed by atoms with Crippen molar-refractivity contribution in [3.63, 3.8) is 0 Å². The molecule has 1 aromatic heterocycles. The van der Waals surface area contributed by atoms with Gasteiger partial charge in [-0.2, -0.15) is 0 Å². The summed E-state index contributed by atoms with van der Waals surface area (Å²) in [4.78, 5) is 0. The first-order valence-electron chi connectivity index (χ1n) is 20.9. The fourth-order valence-corrected chi connectivity index (χ4v) is 8.55. The third-order valence-corrected chi connectivity index (χ3v) is 12.1. The van der Waals surface area contributed by atoms with Crippen molar-refractivity contribution < 1.29 is 0 Å².